The molecule has 27 heavy (non-hydrogen) atoms. The van der Waals surface area contributed by atoms with Gasteiger partial charge in [-0.3, -0.25) is 9.10 Å². The molecular weight excluding hydrogens is 384 g/mol. The Labute approximate surface area is 162 Å². The second-order valence-corrected chi connectivity index (χ2v) is 8.35. The van der Waals surface area contributed by atoms with E-state index < -0.39 is 15.9 Å². The Bertz CT molecular complexity index is 1150. The Hall–Kier alpha value is -2.83. The summed E-state index contributed by atoms with van der Waals surface area (Å²) in [4.78, 5) is 12.7. The van der Waals surface area contributed by atoms with Crippen molar-refractivity contribution in [3.05, 3.63) is 77.8 Å². The first kappa shape index (κ1) is 17.6. The summed E-state index contributed by atoms with van der Waals surface area (Å²) in [6.07, 6.45) is 0. The van der Waals surface area contributed by atoms with Crippen LogP contribution in [0.3, 0.4) is 0 Å². The number of para-hydroxylation sites is 1. The van der Waals surface area contributed by atoms with E-state index in [0.29, 0.717) is 22.0 Å². The van der Waals surface area contributed by atoms with Crippen LogP contribution in [0.1, 0.15) is 0 Å². The number of halogens is 1. The van der Waals surface area contributed by atoms with Gasteiger partial charge in [-0.1, -0.05) is 54.1 Å². The molecule has 0 saturated heterocycles. The number of amides is 1. The minimum Gasteiger partial charge on any atom is -0.324 e. The second kappa shape index (κ2) is 6.72. The molecule has 7 heteroatoms. The van der Waals surface area contributed by atoms with Gasteiger partial charge in [0.1, 0.15) is 6.54 Å². The summed E-state index contributed by atoms with van der Waals surface area (Å²) in [7, 11) is -3.85. The highest BCUT2D eigenvalue weighted by Gasteiger charge is 2.35. The van der Waals surface area contributed by atoms with Crippen molar-refractivity contribution in [2.24, 2.45) is 0 Å². The van der Waals surface area contributed by atoms with Crippen molar-refractivity contribution in [3.63, 3.8) is 0 Å². The first-order chi connectivity index (χ1) is 13.0. The Morgan fingerprint density at radius 2 is 1.63 bits per heavy atom. The summed E-state index contributed by atoms with van der Waals surface area (Å²) in [5.41, 5.74) is 2.41. The van der Waals surface area contributed by atoms with Gasteiger partial charge in [-0.2, -0.15) is 0 Å². The van der Waals surface area contributed by atoms with Gasteiger partial charge in [0.2, 0.25) is 5.91 Å². The zero-order valence-corrected chi connectivity index (χ0v) is 15.7. The average molecular weight is 399 g/mol. The highest BCUT2D eigenvalue weighted by molar-refractivity contribution is 7.93. The quantitative estimate of drug-likeness (QED) is 0.720. The summed E-state index contributed by atoms with van der Waals surface area (Å²) in [5, 5.41) is 3.18. The van der Waals surface area contributed by atoms with E-state index in [0.717, 1.165) is 9.87 Å². The van der Waals surface area contributed by atoms with Gasteiger partial charge in [-0.25, -0.2) is 8.42 Å². The highest BCUT2D eigenvalue weighted by atomic mass is 35.5. The number of hydrogen-bond acceptors (Lipinski definition) is 3. The van der Waals surface area contributed by atoms with Crippen LogP contribution in [0.15, 0.2) is 77.7 Å². The van der Waals surface area contributed by atoms with E-state index in [1.807, 2.05) is 12.1 Å². The Kier molecular flexibility index (Phi) is 4.37. The minimum absolute atomic E-state index is 0.194. The number of anilines is 2. The van der Waals surface area contributed by atoms with Gasteiger partial charge in [0, 0.05) is 21.8 Å². The molecule has 3 aromatic carbocycles. The van der Waals surface area contributed by atoms with E-state index in [9.17, 15) is 13.2 Å². The van der Waals surface area contributed by atoms with E-state index >= 15 is 0 Å². The van der Waals surface area contributed by atoms with E-state index in [1.54, 1.807) is 60.7 Å². The van der Waals surface area contributed by atoms with Crippen molar-refractivity contribution in [3.8, 4) is 11.1 Å². The van der Waals surface area contributed by atoms with Gasteiger partial charge in [0.15, 0.2) is 0 Å². The van der Waals surface area contributed by atoms with Crippen molar-refractivity contribution in [1.29, 1.82) is 0 Å². The molecule has 0 spiro atoms. The molecule has 0 aromatic heterocycles. The van der Waals surface area contributed by atoms with Crippen molar-refractivity contribution in [1.82, 2.24) is 0 Å². The van der Waals surface area contributed by atoms with Crippen LogP contribution in [0.2, 0.25) is 5.02 Å². The van der Waals surface area contributed by atoms with Gasteiger partial charge in [-0.15, -0.1) is 0 Å². The summed E-state index contributed by atoms with van der Waals surface area (Å²) < 4.78 is 27.4. The third-order valence-electron chi connectivity index (χ3n) is 4.31. The number of rotatable bonds is 3. The molecule has 0 atom stereocenters. The molecule has 136 valence electrons. The number of hydrogen-bond donors (Lipinski definition) is 1. The number of nitrogens with one attached hydrogen (secondary N) is 1. The minimum atomic E-state index is -3.85. The van der Waals surface area contributed by atoms with E-state index in [4.69, 9.17) is 11.6 Å². The van der Waals surface area contributed by atoms with Crippen LogP contribution in [0.5, 0.6) is 0 Å². The lowest BCUT2D eigenvalue weighted by Crippen LogP contribution is -2.40. The van der Waals surface area contributed by atoms with Gasteiger partial charge in [0.25, 0.3) is 10.0 Å². The van der Waals surface area contributed by atoms with Crippen molar-refractivity contribution in [2.45, 2.75) is 4.90 Å². The fourth-order valence-electron chi connectivity index (χ4n) is 3.15. The number of nitrogens with zero attached hydrogens (tertiary/aromatic N) is 1. The first-order valence-electron chi connectivity index (χ1n) is 8.23. The number of benzene rings is 3. The number of carbonyl (C=O) groups is 1. The maximum atomic E-state index is 13.1. The lowest BCUT2D eigenvalue weighted by molar-refractivity contribution is -0.114. The standard InChI is InChI=1S/C20H15ClN2O3S/c21-14-6-5-7-15(12-14)22-20(24)13-23-18-10-3-1-8-16(18)17-9-2-4-11-19(17)27(23,25)26/h1-12H,13H2,(H,22,24). The van der Waals surface area contributed by atoms with Crippen LogP contribution < -0.4 is 9.62 Å². The van der Waals surface area contributed by atoms with Crippen molar-refractivity contribution >= 4 is 38.9 Å². The molecule has 3 aromatic rings. The number of sulfonamides is 1. The van der Waals surface area contributed by atoms with Crippen LogP contribution in [-0.2, 0) is 14.8 Å². The molecule has 0 bridgehead atoms. The first-order valence-corrected chi connectivity index (χ1v) is 10.1. The predicted molar refractivity (Wildman–Crippen MR) is 106 cm³/mol. The molecule has 0 unspecified atom stereocenters. The van der Waals surface area contributed by atoms with Crippen molar-refractivity contribution in [2.75, 3.05) is 16.2 Å². The molecule has 1 N–H and O–H groups in total. The Balaban J connectivity index is 1.71. The van der Waals surface area contributed by atoms with Crippen LogP contribution in [0.25, 0.3) is 11.1 Å². The van der Waals surface area contributed by atoms with E-state index in [1.165, 1.54) is 0 Å². The van der Waals surface area contributed by atoms with Crippen LogP contribution >= 0.6 is 11.6 Å². The summed E-state index contributed by atoms with van der Waals surface area (Å²) in [5.74, 6) is -0.449. The summed E-state index contributed by atoms with van der Waals surface area (Å²) in [6, 6.07) is 20.7. The van der Waals surface area contributed by atoms with Crippen LogP contribution in [0.4, 0.5) is 11.4 Å². The molecular formula is C20H15ClN2O3S. The number of fused-ring (bicyclic) bond motifs is 3. The molecule has 1 amide bonds. The lowest BCUT2D eigenvalue weighted by Gasteiger charge is -2.31. The normalized spacial score (nSPS) is 14.2. The largest absolute Gasteiger partial charge is 0.324 e. The SMILES string of the molecule is O=C(CN1c2ccccc2-c2ccccc2S1(=O)=O)Nc1cccc(Cl)c1. The van der Waals surface area contributed by atoms with E-state index in [-0.39, 0.29) is 11.4 Å². The third kappa shape index (κ3) is 3.18. The zero-order valence-electron chi connectivity index (χ0n) is 14.1. The Morgan fingerprint density at radius 3 is 2.41 bits per heavy atom. The fraction of sp³-hybridized carbons (Fsp3) is 0.0500. The highest BCUT2D eigenvalue weighted by Crippen LogP contribution is 2.42. The van der Waals surface area contributed by atoms with Gasteiger partial charge in [0.05, 0.1) is 10.6 Å². The fourth-order valence-corrected chi connectivity index (χ4v) is 4.99. The van der Waals surface area contributed by atoms with Crippen molar-refractivity contribution < 1.29 is 13.2 Å². The topological polar surface area (TPSA) is 66.5 Å². The molecule has 0 aliphatic carbocycles. The molecule has 1 aliphatic heterocycles. The monoisotopic (exact) mass is 398 g/mol. The van der Waals surface area contributed by atoms with Gasteiger partial charge < -0.3 is 5.32 Å². The van der Waals surface area contributed by atoms with Crippen LogP contribution in [0, 0.1) is 0 Å². The second-order valence-electron chi connectivity index (χ2n) is 6.08. The lowest BCUT2D eigenvalue weighted by atomic mass is 10.0. The number of carbonyl (C=O) groups excluding carboxylic acids is 1. The van der Waals surface area contributed by atoms with Gasteiger partial charge >= 0.3 is 0 Å². The molecule has 4 rings (SSSR count). The smallest absolute Gasteiger partial charge is 0.265 e. The maximum Gasteiger partial charge on any atom is 0.265 e. The molecule has 0 radical (unpaired) electrons. The summed E-state index contributed by atoms with van der Waals surface area (Å²) in [6.45, 7) is -0.333. The van der Waals surface area contributed by atoms with Crippen LogP contribution in [-0.4, -0.2) is 20.9 Å². The molecule has 1 aliphatic rings. The van der Waals surface area contributed by atoms with E-state index in [2.05, 4.69) is 5.32 Å². The Morgan fingerprint density at radius 1 is 0.926 bits per heavy atom. The molecule has 0 saturated carbocycles. The average Bonchev–Trinajstić information content (AvgIpc) is 2.65. The molecule has 5 nitrogen and oxygen atoms in total. The van der Waals surface area contributed by atoms with Gasteiger partial charge in [-0.05, 0) is 30.3 Å². The molecule has 0 fully saturated rings. The third-order valence-corrected chi connectivity index (χ3v) is 6.37. The zero-order chi connectivity index (χ0) is 19.0. The predicted octanol–water partition coefficient (Wildman–Crippen LogP) is 4.15. The maximum absolute atomic E-state index is 13.1. The molecule has 1 heterocycles. The summed E-state index contributed by atoms with van der Waals surface area (Å²) >= 11 is 5.93.